The molecule has 11 nitrogen and oxygen atoms in total. The smallest absolute Gasteiger partial charge is 0.325 e. The Balaban J connectivity index is 1.79. The second-order valence-corrected chi connectivity index (χ2v) is 12.5. The third-order valence-corrected chi connectivity index (χ3v) is 7.64. The van der Waals surface area contributed by atoms with Gasteiger partial charge in [0, 0.05) is 30.4 Å². The number of hydrogen-bond donors (Lipinski definition) is 2. The third kappa shape index (κ3) is 12.7. The van der Waals surface area contributed by atoms with E-state index < -0.39 is 22.4 Å². The molecular formula is C27H35N3O8S2. The van der Waals surface area contributed by atoms with E-state index in [4.69, 9.17) is 9.47 Å². The van der Waals surface area contributed by atoms with Gasteiger partial charge in [0.05, 0.1) is 4.92 Å². The highest BCUT2D eigenvalue weighted by Crippen LogP contribution is 2.35. The Morgan fingerprint density at radius 1 is 1.15 bits per heavy atom. The molecule has 0 radical (unpaired) electrons. The summed E-state index contributed by atoms with van der Waals surface area (Å²) in [4.78, 5) is 51.8. The summed E-state index contributed by atoms with van der Waals surface area (Å²) in [6.45, 7) is 6.86. The fourth-order valence-electron chi connectivity index (χ4n) is 3.69. The Hall–Kier alpha value is -3.32. The summed E-state index contributed by atoms with van der Waals surface area (Å²) in [7, 11) is 2.38. The third-order valence-electron chi connectivity index (χ3n) is 5.39. The zero-order valence-electron chi connectivity index (χ0n) is 23.0. The van der Waals surface area contributed by atoms with Crippen LogP contribution in [0, 0.1) is 22.0 Å². The van der Waals surface area contributed by atoms with E-state index in [0.717, 1.165) is 16.4 Å². The molecule has 13 heteroatoms. The number of amides is 1. The Morgan fingerprint density at radius 3 is 2.50 bits per heavy atom. The van der Waals surface area contributed by atoms with Crippen molar-refractivity contribution in [3.8, 4) is 5.75 Å². The predicted molar refractivity (Wildman–Crippen MR) is 153 cm³/mol. The van der Waals surface area contributed by atoms with E-state index in [0.29, 0.717) is 18.6 Å². The molecule has 0 aliphatic heterocycles. The van der Waals surface area contributed by atoms with Crippen LogP contribution in [0.3, 0.4) is 0 Å². The van der Waals surface area contributed by atoms with Gasteiger partial charge in [-0.1, -0.05) is 29.9 Å². The van der Waals surface area contributed by atoms with Gasteiger partial charge in [0.15, 0.2) is 5.03 Å². The zero-order chi connectivity index (χ0) is 29.7. The van der Waals surface area contributed by atoms with E-state index in [1.54, 1.807) is 52.0 Å². The average molecular weight is 594 g/mol. The topological polar surface area (TPSA) is 158 Å². The summed E-state index contributed by atoms with van der Waals surface area (Å²) in [5.74, 6) is -1.48. The summed E-state index contributed by atoms with van der Waals surface area (Å²) in [5, 5.41) is 23.4. The number of aromatic nitrogens is 1. The first-order chi connectivity index (χ1) is 18.8. The first kappa shape index (κ1) is 32.9. The molecule has 0 saturated carbocycles. The van der Waals surface area contributed by atoms with Gasteiger partial charge in [0.25, 0.3) is 0 Å². The number of rotatable bonds is 15. The van der Waals surface area contributed by atoms with E-state index >= 15 is 0 Å². The van der Waals surface area contributed by atoms with E-state index in [-0.39, 0.29) is 53.8 Å². The number of aromatic hydroxyl groups is 1. The van der Waals surface area contributed by atoms with Crippen molar-refractivity contribution in [3.63, 3.8) is 0 Å². The van der Waals surface area contributed by atoms with Gasteiger partial charge in [-0.05, 0) is 74.1 Å². The van der Waals surface area contributed by atoms with Gasteiger partial charge in [-0.25, -0.2) is 4.98 Å². The fourth-order valence-corrected chi connectivity index (χ4v) is 5.54. The Bertz CT molecular complexity index is 1160. The highest BCUT2D eigenvalue weighted by molar-refractivity contribution is 8.76. The van der Waals surface area contributed by atoms with Gasteiger partial charge in [0.1, 0.15) is 24.5 Å². The predicted octanol–water partition coefficient (Wildman–Crippen LogP) is 4.71. The van der Waals surface area contributed by atoms with Crippen molar-refractivity contribution in [1.29, 1.82) is 0 Å². The van der Waals surface area contributed by atoms with Crippen LogP contribution in [-0.4, -0.2) is 57.4 Å². The SMILES string of the molecule is C[C@@H](C[C@@H](CC(=O)OC(C)(C)C)Cc1ccc(O)cc1)C(=O)NCC(=O)OCCSSc1ncccc1[N+](=O)[O-]. The number of phenolic OH excluding ortho intramolecular Hbond substituents is 1. The minimum Gasteiger partial charge on any atom is -0.508 e. The normalized spacial score (nSPS) is 12.7. The number of pyridine rings is 1. The summed E-state index contributed by atoms with van der Waals surface area (Å²) in [6.07, 6.45) is 2.48. The summed E-state index contributed by atoms with van der Waals surface area (Å²) >= 11 is 0. The van der Waals surface area contributed by atoms with Crippen molar-refractivity contribution in [2.24, 2.45) is 11.8 Å². The van der Waals surface area contributed by atoms with Gasteiger partial charge >= 0.3 is 17.6 Å². The van der Waals surface area contributed by atoms with Crippen molar-refractivity contribution >= 4 is 45.1 Å². The van der Waals surface area contributed by atoms with E-state index in [1.807, 2.05) is 0 Å². The number of ether oxygens (including phenoxy) is 2. The number of nitro groups is 1. The number of phenols is 1. The van der Waals surface area contributed by atoms with Gasteiger partial charge in [-0.3, -0.25) is 24.5 Å². The lowest BCUT2D eigenvalue weighted by Gasteiger charge is -2.24. The molecule has 1 heterocycles. The molecule has 1 aromatic heterocycles. The van der Waals surface area contributed by atoms with Crippen molar-refractivity contribution in [1.82, 2.24) is 10.3 Å². The van der Waals surface area contributed by atoms with Crippen LogP contribution in [-0.2, 0) is 30.3 Å². The van der Waals surface area contributed by atoms with Crippen LogP contribution in [0.25, 0.3) is 0 Å². The Morgan fingerprint density at radius 2 is 1.85 bits per heavy atom. The monoisotopic (exact) mass is 593 g/mol. The van der Waals surface area contributed by atoms with Crippen LogP contribution in [0.1, 0.15) is 46.1 Å². The van der Waals surface area contributed by atoms with Crippen LogP contribution in [0.5, 0.6) is 5.75 Å². The lowest BCUT2D eigenvalue weighted by molar-refractivity contribution is -0.388. The standard InChI is InChI=1S/C27H35N3O8S2/c1-18(14-20(16-23(32)38-27(2,3)4)15-19-7-9-21(31)10-8-19)25(34)29-17-24(33)37-12-13-39-40-26-22(30(35)36)6-5-11-28-26/h5-11,18,20,31H,12-17H2,1-4H3,(H,29,34)/t18-,20+/m0/s1. The van der Waals surface area contributed by atoms with Crippen molar-refractivity contribution < 1.29 is 33.9 Å². The second-order valence-electron chi connectivity index (χ2n) is 10.1. The van der Waals surface area contributed by atoms with Crippen LogP contribution < -0.4 is 5.32 Å². The van der Waals surface area contributed by atoms with Crippen LogP contribution >= 0.6 is 21.6 Å². The van der Waals surface area contributed by atoms with Crippen molar-refractivity contribution in [2.45, 2.75) is 57.6 Å². The lowest BCUT2D eigenvalue weighted by atomic mass is 9.87. The first-order valence-electron chi connectivity index (χ1n) is 12.7. The largest absolute Gasteiger partial charge is 0.508 e. The molecule has 218 valence electrons. The molecule has 0 bridgehead atoms. The van der Waals surface area contributed by atoms with Gasteiger partial charge in [-0.2, -0.15) is 0 Å². The van der Waals surface area contributed by atoms with Crippen LogP contribution in [0.2, 0.25) is 0 Å². The number of hydrogen-bond acceptors (Lipinski definition) is 11. The summed E-state index contributed by atoms with van der Waals surface area (Å²) < 4.78 is 10.6. The maximum Gasteiger partial charge on any atom is 0.325 e. The molecule has 0 saturated heterocycles. The number of carbonyl (C=O) groups excluding carboxylic acids is 3. The minimum absolute atomic E-state index is 0.0626. The first-order valence-corrected chi connectivity index (χ1v) is 15.0. The van der Waals surface area contributed by atoms with Crippen molar-refractivity contribution in [2.75, 3.05) is 18.9 Å². The highest BCUT2D eigenvalue weighted by atomic mass is 33.1. The summed E-state index contributed by atoms with van der Waals surface area (Å²) in [5.41, 5.74) is 0.193. The molecule has 0 unspecified atom stereocenters. The molecule has 0 fully saturated rings. The number of nitrogens with one attached hydrogen (secondary N) is 1. The maximum absolute atomic E-state index is 12.7. The zero-order valence-corrected chi connectivity index (χ0v) is 24.6. The molecule has 1 aromatic carbocycles. The Kier molecular flexibility index (Phi) is 13.2. The van der Waals surface area contributed by atoms with E-state index in [2.05, 4.69) is 10.3 Å². The summed E-state index contributed by atoms with van der Waals surface area (Å²) in [6, 6.07) is 9.54. The molecular weight excluding hydrogens is 558 g/mol. The molecule has 0 spiro atoms. The highest BCUT2D eigenvalue weighted by Gasteiger charge is 2.25. The Labute approximate surface area is 241 Å². The minimum atomic E-state index is -0.628. The molecule has 0 aliphatic carbocycles. The molecule has 40 heavy (non-hydrogen) atoms. The van der Waals surface area contributed by atoms with Crippen LogP contribution in [0.15, 0.2) is 47.6 Å². The molecule has 2 rings (SSSR count). The number of benzene rings is 1. The average Bonchev–Trinajstić information content (AvgIpc) is 2.87. The maximum atomic E-state index is 12.7. The van der Waals surface area contributed by atoms with E-state index in [9.17, 15) is 29.6 Å². The molecule has 2 atom stereocenters. The molecule has 2 N–H and O–H groups in total. The van der Waals surface area contributed by atoms with Gasteiger partial charge in [-0.15, -0.1) is 0 Å². The molecule has 2 aromatic rings. The number of esters is 2. The quantitative estimate of drug-likeness (QED) is 0.0968. The van der Waals surface area contributed by atoms with E-state index in [1.165, 1.54) is 29.1 Å². The number of nitrogens with zero attached hydrogens (tertiary/aromatic N) is 2. The number of carbonyl (C=O) groups is 3. The fraction of sp³-hybridized carbons (Fsp3) is 0.481. The van der Waals surface area contributed by atoms with Crippen LogP contribution in [0.4, 0.5) is 5.69 Å². The lowest BCUT2D eigenvalue weighted by Crippen LogP contribution is -2.35. The van der Waals surface area contributed by atoms with Gasteiger partial charge < -0.3 is 19.9 Å². The second kappa shape index (κ2) is 16.1. The van der Waals surface area contributed by atoms with Crippen molar-refractivity contribution in [3.05, 3.63) is 58.3 Å². The molecule has 0 aliphatic rings. The van der Waals surface area contributed by atoms with Gasteiger partial charge in [0.2, 0.25) is 5.91 Å². The molecule has 1 amide bonds.